The first kappa shape index (κ1) is 16.5. The average Bonchev–Trinajstić information content (AvgIpc) is 3.03. The van der Waals surface area contributed by atoms with Crippen molar-refractivity contribution in [3.8, 4) is 10.4 Å². The monoisotopic (exact) mass is 362 g/mol. The third-order valence-corrected chi connectivity index (χ3v) is 5.01. The molecule has 0 aliphatic carbocycles. The molecule has 118 valence electrons. The number of benzene rings is 2. The van der Waals surface area contributed by atoms with Crippen molar-refractivity contribution in [2.24, 2.45) is 0 Å². The molecule has 3 rings (SSSR count). The van der Waals surface area contributed by atoms with E-state index >= 15 is 0 Å². The van der Waals surface area contributed by atoms with Gasteiger partial charge in [-0.3, -0.25) is 0 Å². The summed E-state index contributed by atoms with van der Waals surface area (Å²) in [4.78, 5) is 5.64. The summed E-state index contributed by atoms with van der Waals surface area (Å²) in [5.41, 5.74) is 2.43. The van der Waals surface area contributed by atoms with Crippen LogP contribution in [0.15, 0.2) is 54.7 Å². The zero-order valence-corrected chi connectivity index (χ0v) is 14.8. The summed E-state index contributed by atoms with van der Waals surface area (Å²) in [6.45, 7) is 1.70. The first-order valence-corrected chi connectivity index (χ1v) is 8.94. The molecule has 0 amide bonds. The second-order valence-electron chi connectivity index (χ2n) is 5.18. The highest BCUT2D eigenvalue weighted by molar-refractivity contribution is 7.15. The van der Waals surface area contributed by atoms with Gasteiger partial charge in [-0.2, -0.15) is 0 Å². The van der Waals surface area contributed by atoms with Crippen LogP contribution in [0.3, 0.4) is 0 Å². The van der Waals surface area contributed by atoms with E-state index < -0.39 is 0 Å². The van der Waals surface area contributed by atoms with E-state index in [0.29, 0.717) is 0 Å². The van der Waals surface area contributed by atoms with Gasteiger partial charge in [0.15, 0.2) is 0 Å². The fourth-order valence-electron chi connectivity index (χ4n) is 2.22. The van der Waals surface area contributed by atoms with E-state index in [0.717, 1.165) is 45.0 Å². The molecule has 0 fully saturated rings. The maximum atomic E-state index is 5.92. The van der Waals surface area contributed by atoms with Crippen LogP contribution in [-0.4, -0.2) is 11.5 Å². The molecule has 3 aromatic rings. The van der Waals surface area contributed by atoms with Crippen molar-refractivity contribution in [1.82, 2.24) is 10.3 Å². The van der Waals surface area contributed by atoms with Crippen molar-refractivity contribution in [3.05, 3.63) is 75.3 Å². The van der Waals surface area contributed by atoms with Crippen molar-refractivity contribution in [3.63, 3.8) is 0 Å². The minimum absolute atomic E-state index is 0.752. The van der Waals surface area contributed by atoms with Crippen LogP contribution in [0.25, 0.3) is 10.4 Å². The highest BCUT2D eigenvalue weighted by Gasteiger charge is 2.04. The lowest BCUT2D eigenvalue weighted by molar-refractivity contribution is 0.684. The van der Waals surface area contributed by atoms with Crippen LogP contribution in [0.4, 0.5) is 0 Å². The van der Waals surface area contributed by atoms with E-state index in [1.165, 1.54) is 5.56 Å². The molecule has 1 aromatic heterocycles. The van der Waals surface area contributed by atoms with Gasteiger partial charge < -0.3 is 5.32 Å². The predicted molar refractivity (Wildman–Crippen MR) is 99.4 cm³/mol. The fourth-order valence-corrected chi connectivity index (χ4v) is 3.36. The van der Waals surface area contributed by atoms with Gasteiger partial charge >= 0.3 is 0 Å². The summed E-state index contributed by atoms with van der Waals surface area (Å²) >= 11 is 13.5. The van der Waals surface area contributed by atoms with Crippen molar-refractivity contribution < 1.29 is 0 Å². The smallest absolute Gasteiger partial charge is 0.107 e. The Morgan fingerprint density at radius 3 is 2.26 bits per heavy atom. The van der Waals surface area contributed by atoms with Gasteiger partial charge in [-0.1, -0.05) is 47.5 Å². The Balaban J connectivity index is 1.49. The Kier molecular flexibility index (Phi) is 5.68. The molecule has 1 heterocycles. The molecule has 2 aromatic carbocycles. The standard InChI is InChI=1S/C18H16Cl2N2S/c19-15-5-1-13(2-6-15)9-10-21-12-18-22-11-17(23-18)14-3-7-16(20)8-4-14/h1-8,11,21H,9-10,12H2. The largest absolute Gasteiger partial charge is 0.310 e. The maximum absolute atomic E-state index is 5.92. The van der Waals surface area contributed by atoms with Crippen LogP contribution < -0.4 is 5.32 Å². The number of hydrogen-bond acceptors (Lipinski definition) is 3. The van der Waals surface area contributed by atoms with Crippen LogP contribution >= 0.6 is 34.5 Å². The highest BCUT2D eigenvalue weighted by atomic mass is 35.5. The first-order valence-electron chi connectivity index (χ1n) is 7.36. The lowest BCUT2D eigenvalue weighted by Gasteiger charge is -2.03. The van der Waals surface area contributed by atoms with E-state index in [4.69, 9.17) is 23.2 Å². The maximum Gasteiger partial charge on any atom is 0.107 e. The summed E-state index contributed by atoms with van der Waals surface area (Å²) in [6.07, 6.45) is 2.90. The van der Waals surface area contributed by atoms with Gasteiger partial charge in [-0.05, 0) is 48.4 Å². The van der Waals surface area contributed by atoms with Crippen LogP contribution in [0.5, 0.6) is 0 Å². The Bertz CT molecular complexity index is 751. The zero-order valence-electron chi connectivity index (χ0n) is 12.4. The van der Waals surface area contributed by atoms with Crippen molar-refractivity contribution >= 4 is 34.5 Å². The van der Waals surface area contributed by atoms with Gasteiger partial charge in [0.1, 0.15) is 5.01 Å². The molecule has 23 heavy (non-hydrogen) atoms. The van der Waals surface area contributed by atoms with Gasteiger partial charge in [0.25, 0.3) is 0 Å². The van der Waals surface area contributed by atoms with Gasteiger partial charge in [0.05, 0.1) is 4.88 Å². The van der Waals surface area contributed by atoms with Crippen molar-refractivity contribution in [2.45, 2.75) is 13.0 Å². The fraction of sp³-hybridized carbons (Fsp3) is 0.167. The molecule has 5 heteroatoms. The summed E-state index contributed by atoms with van der Waals surface area (Å²) in [5, 5.41) is 6.05. The quantitative estimate of drug-likeness (QED) is 0.589. The molecule has 0 aliphatic heterocycles. The SMILES string of the molecule is Clc1ccc(CCNCc2ncc(-c3ccc(Cl)cc3)s2)cc1. The van der Waals surface area contributed by atoms with Crippen LogP contribution in [0.2, 0.25) is 10.0 Å². The molecule has 2 nitrogen and oxygen atoms in total. The predicted octanol–water partition coefficient (Wildman–Crippen LogP) is 5.45. The molecule has 0 radical (unpaired) electrons. The molecular formula is C18H16Cl2N2S. The third-order valence-electron chi connectivity index (χ3n) is 3.46. The van der Waals surface area contributed by atoms with E-state index in [9.17, 15) is 0 Å². The number of nitrogens with one attached hydrogen (secondary N) is 1. The number of aromatic nitrogens is 1. The minimum atomic E-state index is 0.752. The van der Waals surface area contributed by atoms with Gasteiger partial charge in [-0.15, -0.1) is 11.3 Å². The Morgan fingerprint density at radius 2 is 1.57 bits per heavy atom. The normalized spacial score (nSPS) is 10.9. The lowest BCUT2D eigenvalue weighted by Crippen LogP contribution is -2.16. The first-order chi connectivity index (χ1) is 11.2. The highest BCUT2D eigenvalue weighted by Crippen LogP contribution is 2.27. The van der Waals surface area contributed by atoms with Crippen molar-refractivity contribution in [2.75, 3.05) is 6.54 Å². The topological polar surface area (TPSA) is 24.9 Å². The summed E-state index contributed by atoms with van der Waals surface area (Å²) in [6, 6.07) is 15.8. The van der Waals surface area contributed by atoms with Crippen LogP contribution in [0.1, 0.15) is 10.6 Å². The number of halogens is 2. The number of thiazole rings is 1. The molecule has 0 aliphatic rings. The van der Waals surface area contributed by atoms with E-state index in [-0.39, 0.29) is 0 Å². The molecule has 0 unspecified atom stereocenters. The lowest BCUT2D eigenvalue weighted by atomic mass is 10.1. The number of nitrogens with zero attached hydrogens (tertiary/aromatic N) is 1. The second kappa shape index (κ2) is 7.93. The van der Waals surface area contributed by atoms with Crippen LogP contribution in [-0.2, 0) is 13.0 Å². The van der Waals surface area contributed by atoms with E-state index in [2.05, 4.69) is 22.4 Å². The molecule has 1 N–H and O–H groups in total. The summed E-state index contributed by atoms with van der Waals surface area (Å²) in [7, 11) is 0. The zero-order chi connectivity index (χ0) is 16.1. The molecule has 0 atom stereocenters. The Hall–Kier alpha value is -1.39. The Morgan fingerprint density at radius 1 is 0.913 bits per heavy atom. The van der Waals surface area contributed by atoms with Gasteiger partial charge in [0, 0.05) is 22.8 Å². The van der Waals surface area contributed by atoms with Gasteiger partial charge in [0.2, 0.25) is 0 Å². The van der Waals surface area contributed by atoms with E-state index in [1.54, 1.807) is 11.3 Å². The number of rotatable bonds is 6. The minimum Gasteiger partial charge on any atom is -0.310 e. The average molecular weight is 363 g/mol. The second-order valence-corrected chi connectivity index (χ2v) is 7.17. The molecular weight excluding hydrogens is 347 g/mol. The summed E-state index contributed by atoms with van der Waals surface area (Å²) < 4.78 is 0. The molecule has 0 spiro atoms. The van der Waals surface area contributed by atoms with Crippen LogP contribution in [0, 0.1) is 0 Å². The van der Waals surface area contributed by atoms with E-state index in [1.807, 2.05) is 42.6 Å². The molecule has 0 saturated carbocycles. The molecule has 0 saturated heterocycles. The molecule has 0 bridgehead atoms. The summed E-state index contributed by atoms with van der Waals surface area (Å²) in [5.74, 6) is 0. The van der Waals surface area contributed by atoms with Gasteiger partial charge in [-0.25, -0.2) is 4.98 Å². The Labute approximate surface area is 150 Å². The number of hydrogen-bond donors (Lipinski definition) is 1. The van der Waals surface area contributed by atoms with Crippen molar-refractivity contribution in [1.29, 1.82) is 0 Å². The third kappa shape index (κ3) is 4.79.